The molecule has 72 valence electrons. The summed E-state index contributed by atoms with van der Waals surface area (Å²) < 4.78 is 0. The summed E-state index contributed by atoms with van der Waals surface area (Å²) in [4.78, 5) is 2.22. The number of nitrogens with zero attached hydrogens (tertiary/aromatic N) is 1. The largest absolute Gasteiger partial charge is 0.313 e. The zero-order valence-corrected chi connectivity index (χ0v) is 8.85. The van der Waals surface area contributed by atoms with Crippen LogP contribution in [-0.2, 0) is 0 Å². The third-order valence-corrected chi connectivity index (χ3v) is 1.64. The van der Waals surface area contributed by atoms with Crippen LogP contribution in [0.1, 0.15) is 13.8 Å². The van der Waals surface area contributed by atoms with E-state index in [9.17, 15) is 0 Å². The molecule has 0 aromatic heterocycles. The summed E-state index contributed by atoms with van der Waals surface area (Å²) in [5.41, 5.74) is 0.340. The molecule has 0 atom stereocenters. The molecule has 0 aromatic rings. The monoisotopic (exact) mass is 170 g/mol. The minimum absolute atomic E-state index is 0.340. The van der Waals surface area contributed by atoms with E-state index in [4.69, 9.17) is 0 Å². The normalized spacial score (nSPS) is 12.1. The van der Waals surface area contributed by atoms with Gasteiger partial charge in [-0.2, -0.15) is 0 Å². The Kier molecular flexibility index (Phi) is 5.18. The van der Waals surface area contributed by atoms with Crippen molar-refractivity contribution in [1.29, 1.82) is 0 Å². The van der Waals surface area contributed by atoms with Crippen molar-refractivity contribution >= 4 is 0 Å². The van der Waals surface area contributed by atoms with E-state index in [-0.39, 0.29) is 0 Å². The zero-order chi connectivity index (χ0) is 9.61. The minimum atomic E-state index is 0.340. The van der Waals surface area contributed by atoms with Gasteiger partial charge >= 0.3 is 0 Å². The lowest BCUT2D eigenvalue weighted by atomic mass is 9.93. The molecule has 0 fully saturated rings. The van der Waals surface area contributed by atoms with Crippen molar-refractivity contribution in [3.05, 3.63) is 12.7 Å². The van der Waals surface area contributed by atoms with Crippen LogP contribution in [0, 0.1) is 5.41 Å². The highest BCUT2D eigenvalue weighted by Gasteiger charge is 2.17. The number of hydrogen-bond acceptors (Lipinski definition) is 2. The van der Waals surface area contributed by atoms with Crippen LogP contribution in [0.15, 0.2) is 12.7 Å². The highest BCUT2D eigenvalue weighted by Crippen LogP contribution is 2.13. The molecule has 0 spiro atoms. The second kappa shape index (κ2) is 5.33. The van der Waals surface area contributed by atoms with E-state index in [0.717, 1.165) is 19.6 Å². The fraction of sp³-hybridized carbons (Fsp3) is 0.800. The molecule has 0 aromatic carbocycles. The van der Waals surface area contributed by atoms with Crippen molar-refractivity contribution in [2.75, 3.05) is 33.7 Å². The average molecular weight is 170 g/mol. The zero-order valence-electron chi connectivity index (χ0n) is 8.85. The molecule has 0 rings (SSSR count). The van der Waals surface area contributed by atoms with Gasteiger partial charge in [-0.3, -0.25) is 0 Å². The molecule has 0 saturated heterocycles. The van der Waals surface area contributed by atoms with Crippen LogP contribution in [0.4, 0.5) is 0 Å². The van der Waals surface area contributed by atoms with Gasteiger partial charge in [-0.1, -0.05) is 19.9 Å². The lowest BCUT2D eigenvalue weighted by Gasteiger charge is -2.28. The first-order valence-electron chi connectivity index (χ1n) is 4.44. The van der Waals surface area contributed by atoms with E-state index >= 15 is 0 Å². The lowest BCUT2D eigenvalue weighted by molar-refractivity contribution is 0.235. The van der Waals surface area contributed by atoms with E-state index in [1.807, 2.05) is 6.08 Å². The molecule has 0 aliphatic carbocycles. The van der Waals surface area contributed by atoms with Gasteiger partial charge in [0.2, 0.25) is 0 Å². The van der Waals surface area contributed by atoms with E-state index in [1.165, 1.54) is 0 Å². The Bertz CT molecular complexity index is 128. The predicted octanol–water partition coefficient (Wildman–Crippen LogP) is 1.35. The minimum Gasteiger partial charge on any atom is -0.313 e. The summed E-state index contributed by atoms with van der Waals surface area (Å²) in [6, 6.07) is 0. The molecule has 2 nitrogen and oxygen atoms in total. The van der Waals surface area contributed by atoms with Gasteiger partial charge in [0.15, 0.2) is 0 Å². The van der Waals surface area contributed by atoms with Crippen LogP contribution in [0.25, 0.3) is 0 Å². The topological polar surface area (TPSA) is 15.3 Å². The maximum atomic E-state index is 3.67. The predicted molar refractivity (Wildman–Crippen MR) is 55.4 cm³/mol. The molecule has 12 heavy (non-hydrogen) atoms. The van der Waals surface area contributed by atoms with E-state index < -0.39 is 0 Å². The van der Waals surface area contributed by atoms with Crippen molar-refractivity contribution in [2.45, 2.75) is 13.8 Å². The standard InChI is InChI=1S/C10H22N2/c1-6-7-11-8-10(2,3)9-12(4)5/h6,11H,1,7-9H2,2-5H3. The van der Waals surface area contributed by atoms with E-state index in [0.29, 0.717) is 5.41 Å². The highest BCUT2D eigenvalue weighted by atomic mass is 15.1. The maximum Gasteiger partial charge on any atom is 0.0132 e. The first kappa shape index (κ1) is 11.7. The van der Waals surface area contributed by atoms with Gasteiger partial charge in [-0.25, -0.2) is 0 Å². The molecule has 0 amide bonds. The summed E-state index contributed by atoms with van der Waals surface area (Å²) in [7, 11) is 4.21. The lowest BCUT2D eigenvalue weighted by Crippen LogP contribution is -2.37. The van der Waals surface area contributed by atoms with E-state index in [1.54, 1.807) is 0 Å². The Morgan fingerprint density at radius 3 is 2.42 bits per heavy atom. The number of rotatable bonds is 6. The van der Waals surface area contributed by atoms with Gasteiger partial charge in [0.25, 0.3) is 0 Å². The summed E-state index contributed by atoms with van der Waals surface area (Å²) in [5.74, 6) is 0. The quantitative estimate of drug-likeness (QED) is 0.478. The molecular weight excluding hydrogens is 148 g/mol. The Hall–Kier alpha value is -0.340. The van der Waals surface area contributed by atoms with Crippen LogP contribution in [0.2, 0.25) is 0 Å². The van der Waals surface area contributed by atoms with Crippen molar-refractivity contribution in [3.63, 3.8) is 0 Å². The molecule has 0 saturated carbocycles. The second-order valence-corrected chi connectivity index (χ2v) is 4.32. The molecule has 1 N–H and O–H groups in total. The molecular formula is C10H22N2. The Labute approximate surface area is 76.6 Å². The van der Waals surface area contributed by atoms with Gasteiger partial charge in [-0.05, 0) is 19.5 Å². The fourth-order valence-electron chi connectivity index (χ4n) is 1.42. The first-order valence-corrected chi connectivity index (χ1v) is 4.44. The summed E-state index contributed by atoms with van der Waals surface area (Å²) in [5, 5.41) is 3.34. The summed E-state index contributed by atoms with van der Waals surface area (Å²) in [6.45, 7) is 11.2. The van der Waals surface area contributed by atoms with Crippen LogP contribution in [0.3, 0.4) is 0 Å². The van der Waals surface area contributed by atoms with Gasteiger partial charge in [0.1, 0.15) is 0 Å². The van der Waals surface area contributed by atoms with Gasteiger partial charge < -0.3 is 10.2 Å². The molecule has 0 radical (unpaired) electrons. The van der Waals surface area contributed by atoms with Gasteiger partial charge in [-0.15, -0.1) is 6.58 Å². The molecule has 0 bridgehead atoms. The van der Waals surface area contributed by atoms with Crippen molar-refractivity contribution in [1.82, 2.24) is 10.2 Å². The van der Waals surface area contributed by atoms with Crippen molar-refractivity contribution < 1.29 is 0 Å². The fourth-order valence-corrected chi connectivity index (χ4v) is 1.42. The third kappa shape index (κ3) is 6.38. The molecule has 0 aliphatic rings. The Balaban J connectivity index is 3.62. The third-order valence-electron chi connectivity index (χ3n) is 1.64. The first-order chi connectivity index (χ1) is 5.48. The SMILES string of the molecule is C=CCNCC(C)(C)CN(C)C. The van der Waals surface area contributed by atoms with Crippen molar-refractivity contribution in [2.24, 2.45) is 5.41 Å². The molecule has 0 unspecified atom stereocenters. The van der Waals surface area contributed by atoms with Crippen LogP contribution in [0.5, 0.6) is 0 Å². The van der Waals surface area contributed by atoms with E-state index in [2.05, 4.69) is 44.7 Å². The van der Waals surface area contributed by atoms with Crippen LogP contribution in [-0.4, -0.2) is 38.6 Å². The Morgan fingerprint density at radius 1 is 1.42 bits per heavy atom. The smallest absolute Gasteiger partial charge is 0.0132 e. The molecule has 0 heterocycles. The molecule has 0 aliphatic heterocycles. The van der Waals surface area contributed by atoms with Crippen LogP contribution < -0.4 is 5.32 Å². The summed E-state index contributed by atoms with van der Waals surface area (Å²) in [6.07, 6.45) is 1.89. The molecule has 2 heteroatoms. The van der Waals surface area contributed by atoms with Gasteiger partial charge in [0, 0.05) is 19.6 Å². The van der Waals surface area contributed by atoms with Gasteiger partial charge in [0.05, 0.1) is 0 Å². The van der Waals surface area contributed by atoms with Crippen LogP contribution >= 0.6 is 0 Å². The number of hydrogen-bond donors (Lipinski definition) is 1. The highest BCUT2D eigenvalue weighted by molar-refractivity contribution is 4.77. The maximum absolute atomic E-state index is 3.67. The average Bonchev–Trinajstić information content (AvgIpc) is 1.84. The second-order valence-electron chi connectivity index (χ2n) is 4.32. The Morgan fingerprint density at radius 2 is 2.00 bits per heavy atom. The van der Waals surface area contributed by atoms with Crippen molar-refractivity contribution in [3.8, 4) is 0 Å². The number of nitrogens with one attached hydrogen (secondary N) is 1. The summed E-state index contributed by atoms with van der Waals surface area (Å²) >= 11 is 0.